The van der Waals surface area contributed by atoms with Crippen LogP contribution in [0, 0.1) is 0 Å². The average molecular weight is 172 g/mol. The van der Waals surface area contributed by atoms with Crippen molar-refractivity contribution in [2.75, 3.05) is 5.75 Å². The Morgan fingerprint density at radius 3 is 2.70 bits per heavy atom. The van der Waals surface area contributed by atoms with Crippen LogP contribution in [-0.4, -0.2) is 5.75 Å². The molecule has 0 bridgehead atoms. The zero-order valence-electron chi connectivity index (χ0n) is 6.39. The molecule has 1 aromatic rings. The van der Waals surface area contributed by atoms with E-state index in [4.69, 9.17) is 0 Å². The second-order valence-corrected chi connectivity index (χ2v) is 4.74. The quantitative estimate of drug-likeness (QED) is 0.629. The standard InChI is InChI=1S/C8H12S2/c1-3-7-5-6-8(10-7)9-4-2/h5-6H,3-4H2,1-2H3. The van der Waals surface area contributed by atoms with Gasteiger partial charge >= 0.3 is 0 Å². The van der Waals surface area contributed by atoms with E-state index in [0.29, 0.717) is 0 Å². The van der Waals surface area contributed by atoms with E-state index in [1.54, 1.807) is 0 Å². The molecule has 1 heterocycles. The summed E-state index contributed by atoms with van der Waals surface area (Å²) < 4.78 is 1.46. The fourth-order valence-corrected chi connectivity index (χ4v) is 2.80. The maximum absolute atomic E-state index is 2.22. The van der Waals surface area contributed by atoms with Gasteiger partial charge in [-0.1, -0.05) is 13.8 Å². The molecule has 0 atom stereocenters. The summed E-state index contributed by atoms with van der Waals surface area (Å²) in [7, 11) is 0. The van der Waals surface area contributed by atoms with Crippen molar-refractivity contribution >= 4 is 23.1 Å². The van der Waals surface area contributed by atoms with Gasteiger partial charge in [-0.25, -0.2) is 0 Å². The molecule has 1 rings (SSSR count). The topological polar surface area (TPSA) is 0 Å². The molecule has 0 fully saturated rings. The Labute approximate surface area is 70.7 Å². The predicted molar refractivity (Wildman–Crippen MR) is 50.1 cm³/mol. The third-order valence-corrected chi connectivity index (χ3v) is 3.61. The van der Waals surface area contributed by atoms with Crippen LogP contribution in [0.2, 0.25) is 0 Å². The van der Waals surface area contributed by atoms with Crippen LogP contribution in [0.3, 0.4) is 0 Å². The van der Waals surface area contributed by atoms with Crippen LogP contribution in [0.5, 0.6) is 0 Å². The van der Waals surface area contributed by atoms with Crippen LogP contribution in [-0.2, 0) is 6.42 Å². The zero-order chi connectivity index (χ0) is 7.40. The lowest BCUT2D eigenvalue weighted by molar-refractivity contribution is 1.19. The molecule has 0 saturated heterocycles. The van der Waals surface area contributed by atoms with Crippen molar-refractivity contribution in [2.45, 2.75) is 24.5 Å². The lowest BCUT2D eigenvalue weighted by Crippen LogP contribution is -1.64. The van der Waals surface area contributed by atoms with E-state index in [0.717, 1.165) is 0 Å². The first-order valence-electron chi connectivity index (χ1n) is 3.58. The predicted octanol–water partition coefficient (Wildman–Crippen LogP) is 3.42. The maximum Gasteiger partial charge on any atom is 0.0601 e. The number of thiophene rings is 1. The highest BCUT2D eigenvalue weighted by Gasteiger charge is 1.95. The van der Waals surface area contributed by atoms with E-state index in [2.05, 4.69) is 26.0 Å². The second-order valence-electron chi connectivity index (χ2n) is 2.01. The monoisotopic (exact) mass is 172 g/mol. The van der Waals surface area contributed by atoms with E-state index in [1.165, 1.54) is 21.3 Å². The molecule has 0 spiro atoms. The zero-order valence-corrected chi connectivity index (χ0v) is 8.02. The number of hydrogen-bond donors (Lipinski definition) is 0. The van der Waals surface area contributed by atoms with Gasteiger partial charge in [-0.15, -0.1) is 23.1 Å². The Kier molecular flexibility index (Phi) is 3.29. The summed E-state index contributed by atoms with van der Waals surface area (Å²) in [5.74, 6) is 1.18. The maximum atomic E-state index is 2.22. The normalized spacial score (nSPS) is 10.2. The minimum absolute atomic E-state index is 1.18. The fraction of sp³-hybridized carbons (Fsp3) is 0.500. The number of rotatable bonds is 3. The molecule has 0 aromatic carbocycles. The number of thioether (sulfide) groups is 1. The smallest absolute Gasteiger partial charge is 0.0601 e. The van der Waals surface area contributed by atoms with Gasteiger partial charge in [-0.3, -0.25) is 0 Å². The molecule has 0 amide bonds. The van der Waals surface area contributed by atoms with Crippen molar-refractivity contribution in [3.05, 3.63) is 17.0 Å². The molecule has 0 nitrogen and oxygen atoms in total. The van der Waals surface area contributed by atoms with E-state index in [-0.39, 0.29) is 0 Å². The van der Waals surface area contributed by atoms with Gasteiger partial charge in [0, 0.05) is 4.88 Å². The van der Waals surface area contributed by atoms with Crippen molar-refractivity contribution in [1.29, 1.82) is 0 Å². The molecular weight excluding hydrogens is 160 g/mol. The average Bonchev–Trinajstić information content (AvgIpc) is 2.37. The van der Waals surface area contributed by atoms with Gasteiger partial charge in [0.25, 0.3) is 0 Å². The minimum Gasteiger partial charge on any atom is -0.134 e. The molecule has 0 N–H and O–H groups in total. The molecule has 0 saturated carbocycles. The van der Waals surface area contributed by atoms with E-state index in [1.807, 2.05) is 23.1 Å². The summed E-state index contributed by atoms with van der Waals surface area (Å²) in [6.45, 7) is 4.39. The molecule has 1 aromatic heterocycles. The summed E-state index contributed by atoms with van der Waals surface area (Å²) >= 11 is 3.85. The summed E-state index contributed by atoms with van der Waals surface area (Å²) in [6.07, 6.45) is 1.18. The van der Waals surface area contributed by atoms with Crippen LogP contribution in [0.25, 0.3) is 0 Å². The largest absolute Gasteiger partial charge is 0.134 e. The summed E-state index contributed by atoms with van der Waals surface area (Å²) in [6, 6.07) is 4.44. The minimum atomic E-state index is 1.18. The molecular formula is C8H12S2. The highest BCUT2D eigenvalue weighted by Crippen LogP contribution is 2.26. The SMILES string of the molecule is CCSc1ccc(CC)s1. The number of aryl methyl sites for hydroxylation is 1. The van der Waals surface area contributed by atoms with E-state index >= 15 is 0 Å². The molecule has 0 unspecified atom stereocenters. The molecule has 0 radical (unpaired) electrons. The van der Waals surface area contributed by atoms with Crippen LogP contribution < -0.4 is 0 Å². The summed E-state index contributed by atoms with van der Waals surface area (Å²) in [4.78, 5) is 1.50. The van der Waals surface area contributed by atoms with Crippen LogP contribution >= 0.6 is 23.1 Å². The third-order valence-electron chi connectivity index (χ3n) is 1.27. The Hall–Kier alpha value is 0.0500. The van der Waals surface area contributed by atoms with Crippen LogP contribution in [0.1, 0.15) is 18.7 Å². The lowest BCUT2D eigenvalue weighted by Gasteiger charge is -1.88. The first-order chi connectivity index (χ1) is 4.86. The van der Waals surface area contributed by atoms with Gasteiger partial charge in [0.05, 0.1) is 4.21 Å². The molecule has 2 heteroatoms. The van der Waals surface area contributed by atoms with Gasteiger partial charge in [-0.05, 0) is 24.3 Å². The molecule has 0 aliphatic heterocycles. The first-order valence-corrected chi connectivity index (χ1v) is 5.38. The highest BCUT2D eigenvalue weighted by molar-refractivity contribution is 8.01. The fourth-order valence-electron chi connectivity index (χ4n) is 0.768. The lowest BCUT2D eigenvalue weighted by atomic mass is 10.4. The van der Waals surface area contributed by atoms with E-state index < -0.39 is 0 Å². The van der Waals surface area contributed by atoms with Crippen LogP contribution in [0.4, 0.5) is 0 Å². The Balaban J connectivity index is 2.59. The van der Waals surface area contributed by atoms with Crippen molar-refractivity contribution in [3.63, 3.8) is 0 Å². The summed E-state index contributed by atoms with van der Waals surface area (Å²) in [5.41, 5.74) is 0. The molecule has 10 heavy (non-hydrogen) atoms. The van der Waals surface area contributed by atoms with Gasteiger partial charge < -0.3 is 0 Å². The summed E-state index contributed by atoms with van der Waals surface area (Å²) in [5, 5.41) is 0. The Morgan fingerprint density at radius 2 is 2.20 bits per heavy atom. The highest BCUT2D eigenvalue weighted by atomic mass is 32.2. The second kappa shape index (κ2) is 4.04. The molecule has 0 aliphatic rings. The molecule has 56 valence electrons. The van der Waals surface area contributed by atoms with Gasteiger partial charge in [0.15, 0.2) is 0 Å². The van der Waals surface area contributed by atoms with Crippen molar-refractivity contribution in [2.24, 2.45) is 0 Å². The van der Waals surface area contributed by atoms with E-state index in [9.17, 15) is 0 Å². The van der Waals surface area contributed by atoms with Crippen molar-refractivity contribution < 1.29 is 0 Å². The van der Waals surface area contributed by atoms with Gasteiger partial charge in [0.1, 0.15) is 0 Å². The molecule has 0 aliphatic carbocycles. The Bertz CT molecular complexity index is 191. The van der Waals surface area contributed by atoms with Crippen LogP contribution in [0.15, 0.2) is 16.3 Å². The van der Waals surface area contributed by atoms with Gasteiger partial charge in [0.2, 0.25) is 0 Å². The first kappa shape index (κ1) is 8.15. The Morgan fingerprint density at radius 1 is 1.40 bits per heavy atom. The van der Waals surface area contributed by atoms with Crippen molar-refractivity contribution in [3.8, 4) is 0 Å². The van der Waals surface area contributed by atoms with Crippen molar-refractivity contribution in [1.82, 2.24) is 0 Å². The number of hydrogen-bond acceptors (Lipinski definition) is 2. The van der Waals surface area contributed by atoms with Gasteiger partial charge in [-0.2, -0.15) is 0 Å². The third kappa shape index (κ3) is 2.03.